The predicted molar refractivity (Wildman–Crippen MR) is 72.7 cm³/mol. The first-order valence-electron chi connectivity index (χ1n) is 7.01. The molecule has 0 radical (unpaired) electrons. The van der Waals surface area contributed by atoms with E-state index in [0.29, 0.717) is 13.1 Å². The molecule has 21 heavy (non-hydrogen) atoms. The predicted octanol–water partition coefficient (Wildman–Crippen LogP) is 0.560. The summed E-state index contributed by atoms with van der Waals surface area (Å²) in [5.74, 6) is 0.666. The summed E-state index contributed by atoms with van der Waals surface area (Å²) < 4.78 is 10.6. The fourth-order valence-electron chi connectivity index (χ4n) is 2.54. The lowest BCUT2D eigenvalue weighted by Crippen LogP contribution is -2.49. The van der Waals surface area contributed by atoms with Crippen molar-refractivity contribution in [3.05, 3.63) is 24.5 Å². The fourth-order valence-corrected chi connectivity index (χ4v) is 2.54. The number of piperidine rings is 1. The molecule has 2 aliphatic rings. The minimum atomic E-state index is -0.548. The summed E-state index contributed by atoms with van der Waals surface area (Å²) in [6.07, 6.45) is 4.48. The number of likely N-dealkylation sites (tertiary alicyclic amines) is 1. The summed E-state index contributed by atoms with van der Waals surface area (Å²) in [7, 11) is 0. The highest BCUT2D eigenvalue weighted by atomic mass is 16.6. The molecule has 2 amide bonds. The van der Waals surface area contributed by atoms with Gasteiger partial charge in [0, 0.05) is 32.1 Å². The zero-order valence-electron chi connectivity index (χ0n) is 11.5. The van der Waals surface area contributed by atoms with Gasteiger partial charge >= 0.3 is 6.09 Å². The van der Waals surface area contributed by atoms with Crippen molar-refractivity contribution in [3.63, 3.8) is 0 Å². The molecule has 7 nitrogen and oxygen atoms in total. The van der Waals surface area contributed by atoms with Crippen LogP contribution in [0.1, 0.15) is 12.8 Å². The molecule has 1 aromatic heterocycles. The number of nitrogens with one attached hydrogen (secondary N) is 1. The van der Waals surface area contributed by atoms with Crippen LogP contribution in [-0.2, 0) is 9.53 Å². The van der Waals surface area contributed by atoms with E-state index >= 15 is 0 Å². The van der Waals surface area contributed by atoms with Gasteiger partial charge < -0.3 is 19.7 Å². The highest BCUT2D eigenvalue weighted by molar-refractivity contribution is 5.87. The van der Waals surface area contributed by atoms with Crippen LogP contribution in [0, 0.1) is 0 Å². The van der Waals surface area contributed by atoms with E-state index in [1.165, 1.54) is 0 Å². The van der Waals surface area contributed by atoms with E-state index in [0.717, 1.165) is 18.6 Å². The molecule has 112 valence electrons. The van der Waals surface area contributed by atoms with E-state index in [1.54, 1.807) is 17.3 Å². The van der Waals surface area contributed by atoms with Crippen LogP contribution in [0.15, 0.2) is 24.5 Å². The molecule has 2 saturated heterocycles. The van der Waals surface area contributed by atoms with E-state index in [-0.39, 0.29) is 18.6 Å². The van der Waals surface area contributed by atoms with Crippen LogP contribution in [0.3, 0.4) is 0 Å². The van der Waals surface area contributed by atoms with Crippen molar-refractivity contribution < 1.29 is 19.1 Å². The van der Waals surface area contributed by atoms with Crippen molar-refractivity contribution in [2.75, 3.05) is 19.7 Å². The van der Waals surface area contributed by atoms with Crippen molar-refractivity contribution in [3.8, 4) is 5.75 Å². The molecule has 7 heteroatoms. The molecule has 0 unspecified atom stereocenters. The molecule has 0 aliphatic carbocycles. The molecule has 0 saturated carbocycles. The Morgan fingerprint density at radius 1 is 1.43 bits per heavy atom. The lowest BCUT2D eigenvalue weighted by Gasteiger charge is -2.33. The Labute approximate surface area is 122 Å². The second-order valence-electron chi connectivity index (χ2n) is 5.13. The summed E-state index contributed by atoms with van der Waals surface area (Å²) in [4.78, 5) is 28.9. The van der Waals surface area contributed by atoms with Gasteiger partial charge in [-0.15, -0.1) is 0 Å². The molecule has 1 aromatic rings. The summed E-state index contributed by atoms with van der Waals surface area (Å²) in [5, 5.41) is 2.51. The number of rotatable bonds is 3. The quantitative estimate of drug-likeness (QED) is 0.880. The van der Waals surface area contributed by atoms with E-state index < -0.39 is 12.1 Å². The largest absolute Gasteiger partial charge is 0.489 e. The average molecular weight is 291 g/mol. The van der Waals surface area contributed by atoms with E-state index in [1.807, 2.05) is 12.1 Å². The molecule has 0 spiro atoms. The summed E-state index contributed by atoms with van der Waals surface area (Å²) in [5.41, 5.74) is 0. The molecular weight excluding hydrogens is 274 g/mol. The maximum absolute atomic E-state index is 12.2. The monoisotopic (exact) mass is 291 g/mol. The molecular formula is C14H17N3O4. The number of carbonyl (C=O) groups excluding carboxylic acids is 2. The third kappa shape index (κ3) is 3.24. The molecule has 1 atom stereocenters. The smallest absolute Gasteiger partial charge is 0.407 e. The Balaban J connectivity index is 1.49. The Morgan fingerprint density at radius 3 is 2.86 bits per heavy atom. The van der Waals surface area contributed by atoms with Gasteiger partial charge in [0.2, 0.25) is 5.91 Å². The highest BCUT2D eigenvalue weighted by Gasteiger charge is 2.34. The van der Waals surface area contributed by atoms with E-state index in [2.05, 4.69) is 10.3 Å². The number of hydrogen-bond donors (Lipinski definition) is 1. The van der Waals surface area contributed by atoms with E-state index in [9.17, 15) is 9.59 Å². The third-order valence-electron chi connectivity index (χ3n) is 3.66. The average Bonchev–Trinajstić information content (AvgIpc) is 2.95. The summed E-state index contributed by atoms with van der Waals surface area (Å²) in [6.45, 7) is 1.36. The maximum atomic E-state index is 12.2. The van der Waals surface area contributed by atoms with Gasteiger partial charge in [-0.25, -0.2) is 4.79 Å². The van der Waals surface area contributed by atoms with Crippen molar-refractivity contribution in [1.82, 2.24) is 15.2 Å². The van der Waals surface area contributed by atoms with Gasteiger partial charge in [-0.05, 0) is 12.1 Å². The standard InChI is InChI=1S/C14H17N3O4/c18-13(12-9-20-14(19)16-12)17-6-3-10(4-7-17)21-11-2-1-5-15-8-11/h1-2,5,8,10,12H,3-4,6-7,9H2,(H,16,19)/t12-/m0/s1. The first kappa shape index (κ1) is 13.7. The minimum Gasteiger partial charge on any atom is -0.489 e. The topological polar surface area (TPSA) is 80.8 Å². The second kappa shape index (κ2) is 5.99. The maximum Gasteiger partial charge on any atom is 0.407 e. The lowest BCUT2D eigenvalue weighted by atomic mass is 10.1. The highest BCUT2D eigenvalue weighted by Crippen LogP contribution is 2.18. The zero-order chi connectivity index (χ0) is 14.7. The number of amides is 2. The van der Waals surface area contributed by atoms with Crippen molar-refractivity contribution >= 4 is 12.0 Å². The van der Waals surface area contributed by atoms with Gasteiger partial charge in [-0.1, -0.05) is 0 Å². The van der Waals surface area contributed by atoms with Crippen LogP contribution in [-0.4, -0.2) is 53.7 Å². The lowest BCUT2D eigenvalue weighted by molar-refractivity contribution is -0.134. The number of nitrogens with zero attached hydrogens (tertiary/aromatic N) is 2. The molecule has 2 aliphatic heterocycles. The minimum absolute atomic E-state index is 0.0827. The van der Waals surface area contributed by atoms with Gasteiger partial charge in [0.1, 0.15) is 24.5 Å². The van der Waals surface area contributed by atoms with Crippen LogP contribution in [0.25, 0.3) is 0 Å². The van der Waals surface area contributed by atoms with E-state index in [4.69, 9.17) is 9.47 Å². The Bertz CT molecular complexity index is 514. The number of cyclic esters (lactones) is 1. The molecule has 3 heterocycles. The van der Waals surface area contributed by atoms with Gasteiger partial charge in [0.25, 0.3) is 0 Å². The number of aromatic nitrogens is 1. The first-order valence-corrected chi connectivity index (χ1v) is 7.01. The van der Waals surface area contributed by atoms with Gasteiger partial charge in [-0.2, -0.15) is 0 Å². The number of pyridine rings is 1. The van der Waals surface area contributed by atoms with Crippen LogP contribution in [0.5, 0.6) is 5.75 Å². The van der Waals surface area contributed by atoms with Crippen LogP contribution in [0.4, 0.5) is 4.79 Å². The van der Waals surface area contributed by atoms with Crippen LogP contribution >= 0.6 is 0 Å². The van der Waals surface area contributed by atoms with Gasteiger partial charge in [0.15, 0.2) is 0 Å². The number of alkyl carbamates (subject to hydrolysis) is 1. The Hall–Kier alpha value is -2.31. The zero-order valence-corrected chi connectivity index (χ0v) is 11.5. The summed E-state index contributed by atoms with van der Waals surface area (Å²) >= 11 is 0. The number of carbonyl (C=O) groups is 2. The van der Waals surface area contributed by atoms with Crippen LogP contribution in [0.2, 0.25) is 0 Å². The van der Waals surface area contributed by atoms with Gasteiger partial charge in [0.05, 0.1) is 6.20 Å². The molecule has 0 aromatic carbocycles. The fraction of sp³-hybridized carbons (Fsp3) is 0.500. The Morgan fingerprint density at radius 2 is 2.24 bits per heavy atom. The number of ether oxygens (including phenoxy) is 2. The molecule has 3 rings (SSSR count). The van der Waals surface area contributed by atoms with Gasteiger partial charge in [-0.3, -0.25) is 9.78 Å². The molecule has 1 N–H and O–H groups in total. The number of hydrogen-bond acceptors (Lipinski definition) is 5. The Kier molecular flexibility index (Phi) is 3.89. The van der Waals surface area contributed by atoms with Crippen molar-refractivity contribution in [2.24, 2.45) is 0 Å². The SMILES string of the molecule is O=C1N[C@H](C(=O)N2CCC(Oc3cccnc3)CC2)CO1. The van der Waals surface area contributed by atoms with Crippen molar-refractivity contribution in [2.45, 2.75) is 25.0 Å². The second-order valence-corrected chi connectivity index (χ2v) is 5.13. The molecule has 2 fully saturated rings. The molecule has 0 bridgehead atoms. The van der Waals surface area contributed by atoms with Crippen molar-refractivity contribution in [1.29, 1.82) is 0 Å². The third-order valence-corrected chi connectivity index (χ3v) is 3.66. The van der Waals surface area contributed by atoms with Crippen LogP contribution < -0.4 is 10.1 Å². The summed E-state index contributed by atoms with van der Waals surface area (Å²) in [6, 6.07) is 3.15. The first-order chi connectivity index (χ1) is 10.2. The normalized spacial score (nSPS) is 22.6.